The van der Waals surface area contributed by atoms with Gasteiger partial charge in [0.15, 0.2) is 0 Å². The fourth-order valence-electron chi connectivity index (χ4n) is 4.24. The number of phenols is 1. The SMILES string of the molecule is CC(C)(C)OC(=O)NC(C(=O)NC1C(=O)N2C(C(=O)O)=C(C(CC(=O)O)Sc3nn[nH]n3)CS[C@@H]12)c1ccc(O)cc1. The first-order valence-electron chi connectivity index (χ1n) is 12.4. The number of nitrogens with one attached hydrogen (secondary N) is 3. The third-order valence-corrected chi connectivity index (χ3v) is 8.39. The monoisotopic (exact) mass is 621 g/mol. The summed E-state index contributed by atoms with van der Waals surface area (Å²) in [4.78, 5) is 64.1. The number of carbonyl (C=O) groups excluding carboxylic acids is 3. The molecule has 1 aromatic heterocycles. The van der Waals surface area contributed by atoms with Crippen LogP contribution in [0.15, 0.2) is 40.7 Å². The molecular weight excluding hydrogens is 594 g/mol. The van der Waals surface area contributed by atoms with Crippen molar-refractivity contribution in [1.82, 2.24) is 36.2 Å². The van der Waals surface area contributed by atoms with Gasteiger partial charge >= 0.3 is 18.0 Å². The first kappa shape index (κ1) is 30.6. The van der Waals surface area contributed by atoms with E-state index in [1.54, 1.807) is 20.8 Å². The minimum Gasteiger partial charge on any atom is -0.508 e. The Bertz CT molecular complexity index is 1410. The van der Waals surface area contributed by atoms with Crippen LogP contribution >= 0.6 is 23.5 Å². The number of aromatic amines is 1. The standard InChI is InChI=1S/C24H27N7O9S2/c1-24(2,3)40-23(39)26-15(10-4-6-11(32)7-5-10)18(35)25-16-19(36)31-17(21(37)38)12(9-41-20(16)31)13(8-14(33)34)42-22-27-29-30-28-22/h4-7,13,15-16,20,32H,8-9H2,1-3H3,(H,25,35)(H,26,39)(H,33,34)(H,37,38)(H,27,28,29,30)/t13?,15?,16?,20-/m0/s1. The number of nitrogens with zero attached hydrogens (tertiary/aromatic N) is 4. The van der Waals surface area contributed by atoms with Crippen LogP contribution in [0.2, 0.25) is 0 Å². The van der Waals surface area contributed by atoms with Crippen LogP contribution in [0.25, 0.3) is 0 Å². The van der Waals surface area contributed by atoms with E-state index in [0.29, 0.717) is 5.56 Å². The molecule has 1 fully saturated rings. The van der Waals surface area contributed by atoms with E-state index in [1.807, 2.05) is 0 Å². The van der Waals surface area contributed by atoms with E-state index in [9.17, 15) is 39.3 Å². The number of fused-ring (bicyclic) bond motifs is 1. The van der Waals surface area contributed by atoms with Crippen molar-refractivity contribution in [2.24, 2.45) is 0 Å². The minimum absolute atomic E-state index is 0.0444. The van der Waals surface area contributed by atoms with Crippen LogP contribution in [0.5, 0.6) is 5.75 Å². The molecular formula is C24H27N7O9S2. The lowest BCUT2D eigenvalue weighted by Crippen LogP contribution is -2.71. The summed E-state index contributed by atoms with van der Waals surface area (Å²) in [6.07, 6.45) is -1.36. The Kier molecular flexibility index (Phi) is 8.95. The lowest BCUT2D eigenvalue weighted by Gasteiger charge is -2.50. The van der Waals surface area contributed by atoms with Gasteiger partial charge in [0.1, 0.15) is 34.5 Å². The molecule has 2 aromatic rings. The van der Waals surface area contributed by atoms with Gasteiger partial charge in [-0.2, -0.15) is 5.21 Å². The van der Waals surface area contributed by atoms with Crippen LogP contribution in [0.1, 0.15) is 38.8 Å². The third kappa shape index (κ3) is 6.93. The fourth-order valence-corrected chi connectivity index (χ4v) is 6.77. The number of hydrogen-bond donors (Lipinski definition) is 6. The van der Waals surface area contributed by atoms with E-state index in [-0.39, 0.29) is 27.9 Å². The van der Waals surface area contributed by atoms with Gasteiger partial charge in [-0.05, 0) is 49.3 Å². The number of carbonyl (C=O) groups is 5. The van der Waals surface area contributed by atoms with Gasteiger partial charge in [0.05, 0.1) is 6.42 Å². The second-order valence-electron chi connectivity index (χ2n) is 10.1. The molecule has 2 aliphatic heterocycles. The molecule has 1 aromatic carbocycles. The van der Waals surface area contributed by atoms with Crippen LogP contribution in [0.3, 0.4) is 0 Å². The normalized spacial score (nSPS) is 19.7. The number of thioether (sulfide) groups is 2. The van der Waals surface area contributed by atoms with Gasteiger partial charge in [-0.15, -0.1) is 22.0 Å². The maximum Gasteiger partial charge on any atom is 0.408 e. The lowest BCUT2D eigenvalue weighted by atomic mass is 9.99. The molecule has 6 N–H and O–H groups in total. The molecule has 3 amide bonds. The van der Waals surface area contributed by atoms with E-state index in [1.165, 1.54) is 24.3 Å². The highest BCUT2D eigenvalue weighted by Gasteiger charge is 2.55. The predicted molar refractivity (Wildman–Crippen MR) is 146 cm³/mol. The van der Waals surface area contributed by atoms with Gasteiger partial charge in [0.25, 0.3) is 5.91 Å². The van der Waals surface area contributed by atoms with Crippen LogP contribution in [-0.2, 0) is 23.9 Å². The number of amides is 3. The van der Waals surface area contributed by atoms with Crippen LogP contribution in [-0.4, -0.2) is 98.7 Å². The first-order chi connectivity index (χ1) is 19.7. The smallest absolute Gasteiger partial charge is 0.408 e. The quantitative estimate of drug-likeness (QED) is 0.159. The van der Waals surface area contributed by atoms with E-state index >= 15 is 0 Å². The topological polar surface area (TPSA) is 237 Å². The lowest BCUT2D eigenvalue weighted by molar-refractivity contribution is -0.151. The van der Waals surface area contributed by atoms with Crippen molar-refractivity contribution in [1.29, 1.82) is 0 Å². The van der Waals surface area contributed by atoms with Crippen molar-refractivity contribution >= 4 is 53.4 Å². The first-order valence-corrected chi connectivity index (χ1v) is 14.3. The van der Waals surface area contributed by atoms with Crippen molar-refractivity contribution in [3.05, 3.63) is 41.1 Å². The zero-order valence-corrected chi connectivity index (χ0v) is 24.1. The maximum atomic E-state index is 13.4. The minimum atomic E-state index is -1.44. The number of benzene rings is 1. The second-order valence-corrected chi connectivity index (χ2v) is 12.4. The molecule has 0 saturated carbocycles. The van der Waals surface area contributed by atoms with Crippen molar-refractivity contribution < 1.29 is 44.0 Å². The zero-order valence-electron chi connectivity index (χ0n) is 22.4. The van der Waals surface area contributed by atoms with Gasteiger partial charge in [-0.1, -0.05) is 23.9 Å². The van der Waals surface area contributed by atoms with Crippen LogP contribution in [0.4, 0.5) is 4.79 Å². The third-order valence-electron chi connectivity index (χ3n) is 5.97. The molecule has 224 valence electrons. The average Bonchev–Trinajstić information content (AvgIpc) is 3.41. The van der Waals surface area contributed by atoms with Crippen molar-refractivity contribution in [3.8, 4) is 5.75 Å². The summed E-state index contributed by atoms with van der Waals surface area (Å²) in [6.45, 7) is 4.94. The largest absolute Gasteiger partial charge is 0.508 e. The Hall–Kier alpha value is -4.32. The van der Waals surface area contributed by atoms with Crippen LogP contribution in [0, 0.1) is 0 Å². The van der Waals surface area contributed by atoms with E-state index in [2.05, 4.69) is 31.3 Å². The summed E-state index contributed by atoms with van der Waals surface area (Å²) < 4.78 is 5.27. The van der Waals surface area contributed by atoms with Gasteiger partial charge in [0.2, 0.25) is 11.1 Å². The predicted octanol–water partition coefficient (Wildman–Crippen LogP) is 0.845. The number of alkyl carbamates (subject to hydrolysis) is 1. The van der Waals surface area contributed by atoms with Crippen molar-refractivity contribution in [2.75, 3.05) is 5.75 Å². The number of aliphatic carboxylic acids is 2. The number of carboxylic acids is 2. The Labute approximate surface area is 246 Å². The van der Waals surface area contributed by atoms with Crippen LogP contribution < -0.4 is 10.6 Å². The Morgan fingerprint density at radius 1 is 1.21 bits per heavy atom. The molecule has 0 spiro atoms. The van der Waals surface area contributed by atoms with E-state index in [0.717, 1.165) is 28.4 Å². The van der Waals surface area contributed by atoms with Gasteiger partial charge in [0, 0.05) is 11.0 Å². The number of aromatic hydroxyl groups is 1. The number of hydrogen-bond acceptors (Lipinski definition) is 12. The molecule has 0 radical (unpaired) electrons. The second kappa shape index (κ2) is 12.3. The average molecular weight is 622 g/mol. The van der Waals surface area contributed by atoms with Gasteiger partial charge in [-0.25, -0.2) is 9.59 Å². The number of tetrazole rings is 1. The Morgan fingerprint density at radius 3 is 2.48 bits per heavy atom. The summed E-state index contributed by atoms with van der Waals surface area (Å²) in [5, 5.41) is 45.8. The molecule has 18 heteroatoms. The maximum absolute atomic E-state index is 13.4. The number of carboxylic acid groups (broad SMARTS) is 2. The zero-order chi connectivity index (χ0) is 30.8. The van der Waals surface area contributed by atoms with Crippen molar-refractivity contribution in [2.45, 2.75) is 60.7 Å². The highest BCUT2D eigenvalue weighted by Crippen LogP contribution is 2.44. The molecule has 42 heavy (non-hydrogen) atoms. The Morgan fingerprint density at radius 2 is 1.90 bits per heavy atom. The number of rotatable bonds is 10. The van der Waals surface area contributed by atoms with E-state index < -0.39 is 64.6 Å². The highest BCUT2D eigenvalue weighted by molar-refractivity contribution is 8.01. The molecule has 3 heterocycles. The summed E-state index contributed by atoms with van der Waals surface area (Å²) >= 11 is 2.04. The molecule has 4 atom stereocenters. The Balaban J connectivity index is 1.56. The molecule has 0 aliphatic carbocycles. The molecule has 16 nitrogen and oxygen atoms in total. The fraction of sp³-hybridized carbons (Fsp3) is 0.417. The summed E-state index contributed by atoms with van der Waals surface area (Å²) in [5.74, 6) is -4.16. The number of aromatic nitrogens is 4. The molecule has 1 saturated heterocycles. The number of phenolic OH excluding ortho intramolecular Hbond substituents is 1. The molecule has 0 bridgehead atoms. The summed E-state index contributed by atoms with van der Waals surface area (Å²) in [7, 11) is 0. The molecule has 4 rings (SSSR count). The van der Waals surface area contributed by atoms with Gasteiger partial charge in [-0.3, -0.25) is 19.3 Å². The number of β-lactam (4-membered cyclic amide) rings is 1. The molecule has 2 aliphatic rings. The molecule has 3 unspecified atom stereocenters. The van der Waals surface area contributed by atoms with E-state index in [4.69, 9.17) is 4.74 Å². The van der Waals surface area contributed by atoms with Crippen molar-refractivity contribution in [3.63, 3.8) is 0 Å². The highest BCUT2D eigenvalue weighted by atomic mass is 32.2. The summed E-state index contributed by atoms with van der Waals surface area (Å²) in [5.41, 5.74) is -0.758. The van der Waals surface area contributed by atoms with Gasteiger partial charge < -0.3 is 30.7 Å². The number of ether oxygens (including phenoxy) is 1. The summed E-state index contributed by atoms with van der Waals surface area (Å²) in [6, 6.07) is 3.04. The number of H-pyrrole nitrogens is 1.